The van der Waals surface area contributed by atoms with Gasteiger partial charge in [-0.05, 0) is 61.4 Å². The number of fused-ring (bicyclic) bond motifs is 3. The van der Waals surface area contributed by atoms with Crippen LogP contribution in [0.3, 0.4) is 0 Å². The first-order chi connectivity index (χ1) is 18.6. The topological polar surface area (TPSA) is 12.9 Å². The van der Waals surface area contributed by atoms with E-state index in [4.69, 9.17) is 0 Å². The summed E-state index contributed by atoms with van der Waals surface area (Å²) >= 11 is 1.92. The van der Waals surface area contributed by atoms with Gasteiger partial charge in [0.1, 0.15) is 0 Å². The Morgan fingerprint density at radius 1 is 0.513 bits per heavy atom. The highest BCUT2D eigenvalue weighted by Gasteiger charge is 2.22. The second-order valence-corrected chi connectivity index (χ2v) is 13.6. The van der Waals surface area contributed by atoms with Crippen molar-refractivity contribution in [3.8, 4) is 33.4 Å². The second kappa shape index (κ2) is 9.47. The number of pyridine rings is 1. The summed E-state index contributed by atoms with van der Waals surface area (Å²) in [5.41, 5.74) is 10.4. The van der Waals surface area contributed by atoms with Crippen molar-refractivity contribution in [1.82, 2.24) is 4.98 Å². The quantitative estimate of drug-likeness (QED) is 0.224. The lowest BCUT2D eigenvalue weighted by molar-refractivity contribution is 0.569. The smallest absolute Gasteiger partial charge is 0.0434 e. The second-order valence-electron chi connectivity index (χ2n) is 12.6. The molecule has 0 aliphatic rings. The molecule has 0 spiro atoms. The van der Waals surface area contributed by atoms with Crippen LogP contribution in [-0.2, 0) is 10.8 Å². The van der Waals surface area contributed by atoms with Gasteiger partial charge in [-0.15, -0.1) is 11.3 Å². The molecule has 0 saturated carbocycles. The molecule has 194 valence electrons. The molecule has 0 aliphatic carbocycles. The average molecular weight is 526 g/mol. The molecule has 2 heteroatoms. The van der Waals surface area contributed by atoms with Gasteiger partial charge in [-0.1, -0.05) is 126 Å². The number of hydrogen-bond acceptors (Lipinski definition) is 2. The zero-order chi connectivity index (χ0) is 27.4. The van der Waals surface area contributed by atoms with Gasteiger partial charge in [0.05, 0.1) is 0 Å². The number of nitrogens with zero attached hydrogens (tertiary/aromatic N) is 1. The van der Waals surface area contributed by atoms with Gasteiger partial charge < -0.3 is 0 Å². The highest BCUT2D eigenvalue weighted by atomic mass is 32.1. The molecule has 0 saturated heterocycles. The molecule has 6 rings (SSSR count). The van der Waals surface area contributed by atoms with E-state index in [1.54, 1.807) is 0 Å². The predicted octanol–water partition coefficient (Wildman–Crippen LogP) is 11.0. The van der Waals surface area contributed by atoms with Gasteiger partial charge in [-0.25, -0.2) is 0 Å². The van der Waals surface area contributed by atoms with Gasteiger partial charge in [-0.3, -0.25) is 4.98 Å². The maximum Gasteiger partial charge on any atom is 0.0434 e. The third-order valence-corrected chi connectivity index (χ3v) is 8.98. The maximum atomic E-state index is 4.28. The van der Waals surface area contributed by atoms with E-state index in [2.05, 4.69) is 131 Å². The molecule has 2 aromatic heterocycles. The van der Waals surface area contributed by atoms with E-state index in [1.165, 1.54) is 59.1 Å². The highest BCUT2D eigenvalue weighted by molar-refractivity contribution is 7.26. The largest absolute Gasteiger partial charge is 0.264 e. The number of thiophene rings is 1. The molecule has 0 atom stereocenters. The van der Waals surface area contributed by atoms with Crippen molar-refractivity contribution >= 4 is 31.5 Å². The van der Waals surface area contributed by atoms with E-state index in [0.29, 0.717) is 0 Å². The first-order valence-electron chi connectivity index (χ1n) is 13.7. The van der Waals surface area contributed by atoms with Crippen molar-refractivity contribution in [2.45, 2.75) is 52.4 Å². The summed E-state index contributed by atoms with van der Waals surface area (Å²) in [7, 11) is 0. The summed E-state index contributed by atoms with van der Waals surface area (Å²) in [5, 5.41) is 2.66. The monoisotopic (exact) mass is 525 g/mol. The first-order valence-corrected chi connectivity index (χ1v) is 14.5. The van der Waals surface area contributed by atoms with E-state index in [0.717, 1.165) is 5.56 Å². The Kier molecular flexibility index (Phi) is 6.19. The van der Waals surface area contributed by atoms with Gasteiger partial charge >= 0.3 is 0 Å². The summed E-state index contributed by atoms with van der Waals surface area (Å²) in [5.74, 6) is 0. The van der Waals surface area contributed by atoms with E-state index >= 15 is 0 Å². The molecule has 1 nitrogen and oxygen atoms in total. The molecule has 0 fully saturated rings. The summed E-state index contributed by atoms with van der Waals surface area (Å²) in [4.78, 5) is 4.28. The minimum absolute atomic E-state index is 0.0826. The minimum atomic E-state index is 0.0826. The predicted molar refractivity (Wildman–Crippen MR) is 171 cm³/mol. The molecule has 0 N–H and O–H groups in total. The Morgan fingerprint density at radius 3 is 1.56 bits per heavy atom. The van der Waals surface area contributed by atoms with E-state index in [9.17, 15) is 0 Å². The Labute approximate surface area is 236 Å². The van der Waals surface area contributed by atoms with Gasteiger partial charge in [-0.2, -0.15) is 0 Å². The molecule has 0 aliphatic heterocycles. The maximum absolute atomic E-state index is 4.28. The SMILES string of the molecule is CC(C)(C)c1cc(-c2cccc3c2sc2c(-c4ccc(-c5cccnc5)cc4)cccc23)cc(C(C)(C)C)c1. The van der Waals surface area contributed by atoms with Crippen LogP contribution < -0.4 is 0 Å². The molecule has 2 heterocycles. The van der Waals surface area contributed by atoms with Crippen LogP contribution in [-0.4, -0.2) is 4.98 Å². The van der Waals surface area contributed by atoms with E-state index < -0.39 is 0 Å². The van der Waals surface area contributed by atoms with E-state index in [1.807, 2.05) is 29.8 Å². The molecule has 0 amide bonds. The first kappa shape index (κ1) is 25.5. The summed E-state index contributed by atoms with van der Waals surface area (Å²) < 4.78 is 2.70. The van der Waals surface area contributed by atoms with Crippen molar-refractivity contribution in [2.24, 2.45) is 0 Å². The van der Waals surface area contributed by atoms with E-state index in [-0.39, 0.29) is 10.8 Å². The fourth-order valence-electron chi connectivity index (χ4n) is 5.30. The van der Waals surface area contributed by atoms with Crippen molar-refractivity contribution in [1.29, 1.82) is 0 Å². The van der Waals surface area contributed by atoms with Crippen molar-refractivity contribution < 1.29 is 0 Å². The average Bonchev–Trinajstić information content (AvgIpc) is 3.31. The van der Waals surface area contributed by atoms with Crippen LogP contribution in [0.1, 0.15) is 52.7 Å². The molecule has 6 aromatic rings. The molecule has 0 unspecified atom stereocenters. The van der Waals surface area contributed by atoms with Crippen molar-refractivity contribution in [2.75, 3.05) is 0 Å². The van der Waals surface area contributed by atoms with Gasteiger partial charge in [0.2, 0.25) is 0 Å². The zero-order valence-electron chi connectivity index (χ0n) is 23.7. The minimum Gasteiger partial charge on any atom is -0.264 e. The Balaban J connectivity index is 1.52. The van der Waals surface area contributed by atoms with Crippen LogP contribution in [0.4, 0.5) is 0 Å². The fourth-order valence-corrected chi connectivity index (χ4v) is 6.67. The molecular formula is C37H35NS. The summed E-state index contributed by atoms with van der Waals surface area (Å²) in [6.07, 6.45) is 3.74. The zero-order valence-corrected chi connectivity index (χ0v) is 24.5. The van der Waals surface area contributed by atoms with Crippen LogP contribution in [0, 0.1) is 0 Å². The van der Waals surface area contributed by atoms with Crippen LogP contribution in [0.2, 0.25) is 0 Å². The Bertz CT molecular complexity index is 1760. The van der Waals surface area contributed by atoms with Gasteiger partial charge in [0, 0.05) is 32.6 Å². The van der Waals surface area contributed by atoms with Gasteiger partial charge in [0.15, 0.2) is 0 Å². The lowest BCUT2D eigenvalue weighted by atomic mass is 9.79. The van der Waals surface area contributed by atoms with Gasteiger partial charge in [0.25, 0.3) is 0 Å². The standard InChI is InChI=1S/C37H35NS/c1-36(2,3)28-20-27(21-29(22-28)37(4,5)6)31-12-8-14-33-32-13-7-11-30(34(32)39-35(31)33)25-17-15-24(16-18-25)26-10-9-19-38-23-26/h7-23H,1-6H3. The molecular weight excluding hydrogens is 490 g/mol. The van der Waals surface area contributed by atoms with Crippen molar-refractivity contribution in [3.05, 3.63) is 115 Å². The van der Waals surface area contributed by atoms with Crippen LogP contribution >= 0.6 is 11.3 Å². The summed E-state index contributed by atoms with van der Waals surface area (Å²) in [6.45, 7) is 13.9. The Hall–Kier alpha value is -3.75. The number of rotatable bonds is 3. The molecule has 4 aromatic carbocycles. The lowest BCUT2D eigenvalue weighted by Crippen LogP contribution is -2.16. The van der Waals surface area contributed by atoms with Crippen LogP contribution in [0.5, 0.6) is 0 Å². The fraction of sp³-hybridized carbons (Fsp3) is 0.216. The highest BCUT2D eigenvalue weighted by Crippen LogP contribution is 2.45. The molecule has 0 radical (unpaired) electrons. The van der Waals surface area contributed by atoms with Crippen molar-refractivity contribution in [3.63, 3.8) is 0 Å². The molecule has 0 bridgehead atoms. The normalized spacial score (nSPS) is 12.4. The number of hydrogen-bond donors (Lipinski definition) is 0. The number of benzene rings is 4. The Morgan fingerprint density at radius 2 is 1.05 bits per heavy atom. The summed E-state index contributed by atoms with van der Waals surface area (Å²) in [6, 6.07) is 33.7. The van der Waals surface area contributed by atoms with Crippen LogP contribution in [0.25, 0.3) is 53.6 Å². The number of aromatic nitrogens is 1. The third kappa shape index (κ3) is 4.79. The third-order valence-electron chi connectivity index (χ3n) is 7.69. The van der Waals surface area contributed by atoms with Crippen LogP contribution in [0.15, 0.2) is 103 Å². The lowest BCUT2D eigenvalue weighted by Gasteiger charge is -2.26. The molecule has 39 heavy (non-hydrogen) atoms.